The van der Waals surface area contributed by atoms with E-state index < -0.39 is 17.8 Å². The third kappa shape index (κ3) is 5.47. The van der Waals surface area contributed by atoms with Gasteiger partial charge in [-0.2, -0.15) is 0 Å². The molecule has 0 aliphatic carbocycles. The average Bonchev–Trinajstić information content (AvgIpc) is 3.05. The van der Waals surface area contributed by atoms with E-state index in [0.717, 1.165) is 5.56 Å². The molecule has 234 valence electrons. The van der Waals surface area contributed by atoms with Crippen molar-refractivity contribution >= 4 is 11.8 Å². The average molecular weight is 608 g/mol. The van der Waals surface area contributed by atoms with E-state index in [1.165, 1.54) is 25.2 Å². The lowest BCUT2D eigenvalue weighted by Gasteiger charge is -2.43. The van der Waals surface area contributed by atoms with E-state index in [2.05, 4.69) is 4.90 Å². The second-order valence-electron chi connectivity index (χ2n) is 10.7. The second kappa shape index (κ2) is 13.0. The Morgan fingerprint density at radius 2 is 1.43 bits per heavy atom. The van der Waals surface area contributed by atoms with Gasteiger partial charge in [0.2, 0.25) is 11.7 Å². The van der Waals surface area contributed by atoms with Crippen molar-refractivity contribution in [3.8, 4) is 28.7 Å². The number of carbonyl (C=O) groups is 2. The van der Waals surface area contributed by atoms with Gasteiger partial charge in [-0.1, -0.05) is 24.3 Å². The molecular weight excluding hydrogens is 569 g/mol. The number of ether oxygens (including phenoxy) is 5. The Balaban J connectivity index is 1.45. The number of fused-ring (bicyclic) bond motifs is 1. The van der Waals surface area contributed by atoms with Crippen LogP contribution in [0, 0.1) is 5.82 Å². The number of benzene rings is 3. The van der Waals surface area contributed by atoms with E-state index in [4.69, 9.17) is 23.7 Å². The minimum Gasteiger partial charge on any atom is -0.493 e. The summed E-state index contributed by atoms with van der Waals surface area (Å²) in [6.45, 7) is 2.70. The predicted octanol–water partition coefficient (Wildman–Crippen LogP) is 4.12. The summed E-state index contributed by atoms with van der Waals surface area (Å²) in [5.74, 6) is 0.635. The highest BCUT2D eigenvalue weighted by molar-refractivity contribution is 6.02. The first-order chi connectivity index (χ1) is 21.3. The van der Waals surface area contributed by atoms with Gasteiger partial charge >= 0.3 is 0 Å². The quantitative estimate of drug-likeness (QED) is 0.359. The van der Waals surface area contributed by atoms with Gasteiger partial charge in [0.1, 0.15) is 5.82 Å². The third-order valence-electron chi connectivity index (χ3n) is 8.53. The lowest BCUT2D eigenvalue weighted by molar-refractivity contribution is -0.136. The molecule has 0 aromatic heterocycles. The van der Waals surface area contributed by atoms with Crippen LogP contribution in [0.4, 0.5) is 4.39 Å². The number of hydrogen-bond acceptors (Lipinski definition) is 8. The van der Waals surface area contributed by atoms with Gasteiger partial charge in [-0.05, 0) is 29.8 Å². The molecule has 10 nitrogen and oxygen atoms in total. The van der Waals surface area contributed by atoms with Gasteiger partial charge in [0, 0.05) is 56.5 Å². The van der Waals surface area contributed by atoms with Gasteiger partial charge in [0.05, 0.1) is 47.5 Å². The molecule has 11 heteroatoms. The van der Waals surface area contributed by atoms with Crippen molar-refractivity contribution in [2.75, 3.05) is 68.8 Å². The van der Waals surface area contributed by atoms with Gasteiger partial charge in [0.15, 0.2) is 23.0 Å². The summed E-state index contributed by atoms with van der Waals surface area (Å²) in [4.78, 5) is 33.6. The number of nitrogens with zero attached hydrogens (tertiary/aromatic N) is 3. The lowest BCUT2D eigenvalue weighted by atomic mass is 9.78. The fourth-order valence-electron chi connectivity index (χ4n) is 6.27. The number of hydrogen-bond donors (Lipinski definition) is 0. The zero-order chi connectivity index (χ0) is 31.5. The molecule has 0 bridgehead atoms. The van der Waals surface area contributed by atoms with Gasteiger partial charge in [-0.15, -0.1) is 0 Å². The van der Waals surface area contributed by atoms with Crippen molar-refractivity contribution in [1.29, 1.82) is 0 Å². The van der Waals surface area contributed by atoms with Crippen molar-refractivity contribution in [1.82, 2.24) is 14.7 Å². The Morgan fingerprint density at radius 3 is 2.05 bits per heavy atom. The summed E-state index contributed by atoms with van der Waals surface area (Å²) in [5.41, 5.74) is 2.03. The number of piperazine rings is 1. The minimum atomic E-state index is -0.859. The molecule has 0 saturated carbocycles. The number of halogens is 1. The highest BCUT2D eigenvalue weighted by atomic mass is 19.1. The van der Waals surface area contributed by atoms with Crippen LogP contribution in [0.1, 0.15) is 39.0 Å². The summed E-state index contributed by atoms with van der Waals surface area (Å²) in [5, 5.41) is 0. The summed E-state index contributed by atoms with van der Waals surface area (Å²) < 4.78 is 42.9. The van der Waals surface area contributed by atoms with Crippen LogP contribution in [0.25, 0.3) is 0 Å². The van der Waals surface area contributed by atoms with Gasteiger partial charge in [-0.3, -0.25) is 14.5 Å². The van der Waals surface area contributed by atoms with E-state index in [1.807, 2.05) is 12.1 Å². The zero-order valence-corrected chi connectivity index (χ0v) is 25.9. The van der Waals surface area contributed by atoms with Crippen LogP contribution in [0.3, 0.4) is 0 Å². The maximum Gasteiger partial charge on any atom is 0.254 e. The van der Waals surface area contributed by atoms with E-state index in [1.54, 1.807) is 63.6 Å². The van der Waals surface area contributed by atoms with Crippen molar-refractivity contribution in [3.63, 3.8) is 0 Å². The van der Waals surface area contributed by atoms with Crippen LogP contribution >= 0.6 is 0 Å². The smallest absolute Gasteiger partial charge is 0.254 e. The molecule has 2 amide bonds. The molecule has 5 rings (SSSR count). The molecule has 0 unspecified atom stereocenters. The molecule has 2 aliphatic rings. The highest BCUT2D eigenvalue weighted by Gasteiger charge is 2.46. The normalized spacial score (nSPS) is 18.5. The molecule has 3 aromatic carbocycles. The fraction of sp³-hybridized carbons (Fsp3) is 0.394. The van der Waals surface area contributed by atoms with Crippen LogP contribution in [0.15, 0.2) is 48.5 Å². The Hall–Kier alpha value is -4.51. The summed E-state index contributed by atoms with van der Waals surface area (Å²) in [6.07, 6.45) is 0. The van der Waals surface area contributed by atoms with Crippen LogP contribution in [-0.4, -0.2) is 95.3 Å². The zero-order valence-electron chi connectivity index (χ0n) is 25.9. The number of methoxy groups -OCH3 is 5. The van der Waals surface area contributed by atoms with Crippen molar-refractivity contribution < 1.29 is 37.7 Å². The van der Waals surface area contributed by atoms with Gasteiger partial charge in [-0.25, -0.2) is 4.39 Å². The van der Waals surface area contributed by atoms with E-state index in [9.17, 15) is 9.59 Å². The largest absolute Gasteiger partial charge is 0.493 e. The molecular formula is C33H38FN3O7. The summed E-state index contributed by atoms with van der Waals surface area (Å²) >= 11 is 0. The number of amides is 2. The molecule has 2 heterocycles. The topological polar surface area (TPSA) is 90.0 Å². The Labute approximate surface area is 256 Å². The molecule has 44 heavy (non-hydrogen) atoms. The maximum absolute atomic E-state index is 15.3. The lowest BCUT2D eigenvalue weighted by Crippen LogP contribution is -2.52. The van der Waals surface area contributed by atoms with Crippen LogP contribution < -0.4 is 23.7 Å². The molecule has 2 atom stereocenters. The molecule has 1 fully saturated rings. The number of carbonyl (C=O) groups excluding carboxylic acids is 2. The van der Waals surface area contributed by atoms with Crippen molar-refractivity contribution in [2.45, 2.75) is 18.5 Å². The molecule has 0 N–H and O–H groups in total. The van der Waals surface area contributed by atoms with E-state index in [0.29, 0.717) is 72.6 Å². The third-order valence-corrected chi connectivity index (χ3v) is 8.53. The van der Waals surface area contributed by atoms with Crippen molar-refractivity contribution in [3.05, 3.63) is 76.6 Å². The molecule has 0 spiro atoms. The van der Waals surface area contributed by atoms with E-state index in [-0.39, 0.29) is 17.4 Å². The minimum absolute atomic E-state index is 0.186. The van der Waals surface area contributed by atoms with Crippen molar-refractivity contribution in [2.24, 2.45) is 0 Å². The molecule has 3 aromatic rings. The van der Waals surface area contributed by atoms with Gasteiger partial charge < -0.3 is 33.5 Å². The SMILES string of the molecule is COc1cc2c(cc1OC)[C@H](C(=O)N1CCN(Cc3ccc(OC)c(OC)c3OC)CC1)[C@H](c1ccccc1F)N(C)C2=O. The summed E-state index contributed by atoms with van der Waals surface area (Å²) in [6, 6.07) is 12.5. The fourth-order valence-corrected chi connectivity index (χ4v) is 6.27. The first kappa shape index (κ1) is 30.9. The Morgan fingerprint density at radius 1 is 0.795 bits per heavy atom. The summed E-state index contributed by atoms with van der Waals surface area (Å²) in [7, 11) is 9.34. The molecule has 2 aliphatic heterocycles. The maximum atomic E-state index is 15.3. The van der Waals surface area contributed by atoms with E-state index >= 15 is 4.39 Å². The number of rotatable bonds is 9. The molecule has 0 radical (unpaired) electrons. The standard InChI is InChI=1S/C33H38FN3O7/c1-35-29(21-9-7-8-10-24(21)34)28(22-17-26(41-3)27(42-4)18-23(22)32(35)38)33(39)37-15-13-36(14-16-37)19-20-11-12-25(40-2)31(44-6)30(20)43-5/h7-12,17-18,28-29H,13-16,19H2,1-6H3/t28-,29-/m0/s1. The monoisotopic (exact) mass is 607 g/mol. The van der Waals surface area contributed by atoms with Crippen LogP contribution in [0.2, 0.25) is 0 Å². The van der Waals surface area contributed by atoms with Crippen LogP contribution in [0.5, 0.6) is 28.7 Å². The number of likely N-dealkylation sites (N-methyl/N-ethyl adjacent to an activating group) is 1. The van der Waals surface area contributed by atoms with Crippen LogP contribution in [-0.2, 0) is 11.3 Å². The Kier molecular flexibility index (Phi) is 9.14. The first-order valence-electron chi connectivity index (χ1n) is 14.3. The van der Waals surface area contributed by atoms with Gasteiger partial charge in [0.25, 0.3) is 5.91 Å². The predicted molar refractivity (Wildman–Crippen MR) is 161 cm³/mol. The first-order valence-corrected chi connectivity index (χ1v) is 14.3. The highest BCUT2D eigenvalue weighted by Crippen LogP contribution is 2.47. The Bertz CT molecular complexity index is 1540. The second-order valence-corrected chi connectivity index (χ2v) is 10.7. The molecule has 1 saturated heterocycles.